The Bertz CT molecular complexity index is 594. The Morgan fingerprint density at radius 2 is 1.84 bits per heavy atom. The molecule has 2 unspecified atom stereocenters. The van der Waals surface area contributed by atoms with E-state index in [-0.39, 0.29) is 0 Å². The molecule has 0 amide bonds. The standard InChI is InChI=1S/C14H17N5/c1-18-5-10-7-19(8-11(10)6-18)14-12-3-2-4-15-13(12)16-9-17-14/h2-4,9-11H,5-8H2,1H3. The van der Waals surface area contributed by atoms with Gasteiger partial charge in [0, 0.05) is 32.4 Å². The molecule has 98 valence electrons. The van der Waals surface area contributed by atoms with E-state index in [1.54, 1.807) is 12.5 Å². The van der Waals surface area contributed by atoms with Crippen LogP contribution < -0.4 is 4.90 Å². The molecule has 0 bridgehead atoms. The van der Waals surface area contributed by atoms with Crippen molar-refractivity contribution in [2.45, 2.75) is 0 Å². The van der Waals surface area contributed by atoms with Crippen molar-refractivity contribution in [1.29, 1.82) is 0 Å². The van der Waals surface area contributed by atoms with E-state index in [9.17, 15) is 0 Å². The molecule has 2 atom stereocenters. The minimum Gasteiger partial charge on any atom is -0.355 e. The zero-order valence-corrected chi connectivity index (χ0v) is 11.0. The fourth-order valence-corrected chi connectivity index (χ4v) is 3.53. The summed E-state index contributed by atoms with van der Waals surface area (Å²) in [6.07, 6.45) is 3.41. The third kappa shape index (κ3) is 1.76. The molecule has 4 rings (SSSR count). The van der Waals surface area contributed by atoms with Crippen molar-refractivity contribution in [1.82, 2.24) is 19.9 Å². The van der Waals surface area contributed by atoms with Crippen LogP contribution in [0.2, 0.25) is 0 Å². The Kier molecular flexibility index (Phi) is 2.41. The molecule has 0 saturated carbocycles. The SMILES string of the molecule is CN1CC2CN(c3ncnc4ncccc34)CC2C1. The van der Waals surface area contributed by atoms with Gasteiger partial charge in [-0.3, -0.25) is 0 Å². The summed E-state index contributed by atoms with van der Waals surface area (Å²) in [6.45, 7) is 4.64. The highest BCUT2D eigenvalue weighted by molar-refractivity contribution is 5.86. The van der Waals surface area contributed by atoms with E-state index in [0.29, 0.717) is 0 Å². The summed E-state index contributed by atoms with van der Waals surface area (Å²) in [5.74, 6) is 2.62. The van der Waals surface area contributed by atoms with Crippen LogP contribution in [0.5, 0.6) is 0 Å². The van der Waals surface area contributed by atoms with Gasteiger partial charge in [-0.05, 0) is 31.0 Å². The largest absolute Gasteiger partial charge is 0.355 e. The molecule has 2 aliphatic heterocycles. The zero-order chi connectivity index (χ0) is 12.8. The topological polar surface area (TPSA) is 45.2 Å². The molecule has 2 aromatic heterocycles. The lowest BCUT2D eigenvalue weighted by Gasteiger charge is -2.21. The van der Waals surface area contributed by atoms with Crippen molar-refractivity contribution < 1.29 is 0 Å². The van der Waals surface area contributed by atoms with Crippen molar-refractivity contribution in [2.75, 3.05) is 38.1 Å². The van der Waals surface area contributed by atoms with Gasteiger partial charge >= 0.3 is 0 Å². The number of rotatable bonds is 1. The normalized spacial score (nSPS) is 27.1. The molecule has 0 radical (unpaired) electrons. The van der Waals surface area contributed by atoms with Crippen molar-refractivity contribution in [3.05, 3.63) is 24.7 Å². The number of hydrogen-bond acceptors (Lipinski definition) is 5. The molecule has 0 aliphatic carbocycles. The summed E-state index contributed by atoms with van der Waals surface area (Å²) in [7, 11) is 2.21. The Balaban J connectivity index is 1.69. The van der Waals surface area contributed by atoms with Crippen LogP contribution >= 0.6 is 0 Å². The molecule has 2 aromatic rings. The third-order valence-corrected chi connectivity index (χ3v) is 4.36. The van der Waals surface area contributed by atoms with Gasteiger partial charge in [0.1, 0.15) is 12.1 Å². The van der Waals surface area contributed by atoms with Crippen LogP contribution in [0.1, 0.15) is 0 Å². The van der Waals surface area contributed by atoms with Crippen LogP contribution in [0.25, 0.3) is 11.0 Å². The van der Waals surface area contributed by atoms with Crippen LogP contribution in [0, 0.1) is 11.8 Å². The molecular weight excluding hydrogens is 238 g/mol. The molecule has 2 fully saturated rings. The molecule has 19 heavy (non-hydrogen) atoms. The average Bonchev–Trinajstić information content (AvgIpc) is 2.95. The number of hydrogen-bond donors (Lipinski definition) is 0. The van der Waals surface area contributed by atoms with Gasteiger partial charge in [0.15, 0.2) is 5.65 Å². The van der Waals surface area contributed by atoms with Gasteiger partial charge in [0.25, 0.3) is 0 Å². The summed E-state index contributed by atoms with van der Waals surface area (Å²) in [5.41, 5.74) is 0.793. The predicted octanol–water partition coefficient (Wildman–Crippen LogP) is 1.02. The smallest absolute Gasteiger partial charge is 0.164 e. The van der Waals surface area contributed by atoms with Crippen LogP contribution in [-0.2, 0) is 0 Å². The third-order valence-electron chi connectivity index (χ3n) is 4.36. The molecule has 2 saturated heterocycles. The lowest BCUT2D eigenvalue weighted by molar-refractivity contribution is 0.387. The molecule has 2 aliphatic rings. The summed E-state index contributed by atoms with van der Waals surface area (Å²) in [5, 5.41) is 1.07. The Morgan fingerprint density at radius 3 is 2.63 bits per heavy atom. The fourth-order valence-electron chi connectivity index (χ4n) is 3.53. The number of nitrogens with zero attached hydrogens (tertiary/aromatic N) is 5. The second-order valence-electron chi connectivity index (χ2n) is 5.72. The number of aromatic nitrogens is 3. The summed E-state index contributed by atoms with van der Waals surface area (Å²) >= 11 is 0. The maximum absolute atomic E-state index is 4.50. The van der Waals surface area contributed by atoms with E-state index >= 15 is 0 Å². The van der Waals surface area contributed by atoms with Crippen LogP contribution in [-0.4, -0.2) is 53.1 Å². The molecular formula is C14H17N5. The lowest BCUT2D eigenvalue weighted by Crippen LogP contribution is -2.27. The second-order valence-corrected chi connectivity index (χ2v) is 5.72. The van der Waals surface area contributed by atoms with Gasteiger partial charge in [0.05, 0.1) is 5.39 Å². The Hall–Kier alpha value is -1.75. The first-order valence-corrected chi connectivity index (χ1v) is 6.80. The molecule has 0 N–H and O–H groups in total. The zero-order valence-electron chi connectivity index (χ0n) is 11.0. The van der Waals surface area contributed by atoms with Gasteiger partial charge < -0.3 is 9.80 Å². The van der Waals surface area contributed by atoms with E-state index in [1.165, 1.54) is 13.1 Å². The minimum atomic E-state index is 0.784. The Labute approximate surface area is 112 Å². The molecule has 0 spiro atoms. The maximum atomic E-state index is 4.50. The van der Waals surface area contributed by atoms with Crippen LogP contribution in [0.15, 0.2) is 24.7 Å². The second kappa shape index (κ2) is 4.13. The highest BCUT2D eigenvalue weighted by Gasteiger charge is 2.39. The first-order chi connectivity index (χ1) is 9.31. The van der Waals surface area contributed by atoms with Gasteiger partial charge in [0.2, 0.25) is 0 Å². The van der Waals surface area contributed by atoms with Crippen molar-refractivity contribution in [3.63, 3.8) is 0 Å². The van der Waals surface area contributed by atoms with E-state index in [2.05, 4.69) is 37.9 Å². The molecule has 0 aromatic carbocycles. The first-order valence-electron chi connectivity index (χ1n) is 6.80. The average molecular weight is 255 g/mol. The van der Waals surface area contributed by atoms with E-state index in [1.807, 2.05) is 6.07 Å². The number of pyridine rings is 1. The van der Waals surface area contributed by atoms with Crippen LogP contribution in [0.4, 0.5) is 5.82 Å². The maximum Gasteiger partial charge on any atom is 0.164 e. The van der Waals surface area contributed by atoms with Gasteiger partial charge in [-0.1, -0.05) is 0 Å². The number of fused-ring (bicyclic) bond motifs is 2. The Morgan fingerprint density at radius 1 is 1.05 bits per heavy atom. The van der Waals surface area contributed by atoms with E-state index in [4.69, 9.17) is 0 Å². The summed E-state index contributed by atoms with van der Waals surface area (Å²) in [6, 6.07) is 4.03. The van der Waals surface area contributed by atoms with Gasteiger partial charge in [-0.2, -0.15) is 0 Å². The van der Waals surface area contributed by atoms with Crippen molar-refractivity contribution in [3.8, 4) is 0 Å². The molecule has 5 nitrogen and oxygen atoms in total. The highest BCUT2D eigenvalue weighted by atomic mass is 15.3. The lowest BCUT2D eigenvalue weighted by atomic mass is 10.0. The molecule has 5 heteroatoms. The fraction of sp³-hybridized carbons (Fsp3) is 0.500. The van der Waals surface area contributed by atoms with Crippen molar-refractivity contribution in [2.24, 2.45) is 11.8 Å². The number of likely N-dealkylation sites (tertiary alicyclic amines) is 1. The van der Waals surface area contributed by atoms with Crippen molar-refractivity contribution >= 4 is 16.9 Å². The predicted molar refractivity (Wildman–Crippen MR) is 74.0 cm³/mol. The van der Waals surface area contributed by atoms with E-state index < -0.39 is 0 Å². The van der Waals surface area contributed by atoms with Gasteiger partial charge in [-0.15, -0.1) is 0 Å². The van der Waals surface area contributed by atoms with Crippen LogP contribution in [0.3, 0.4) is 0 Å². The molecule has 4 heterocycles. The monoisotopic (exact) mass is 255 g/mol. The quantitative estimate of drug-likeness (QED) is 0.761. The van der Waals surface area contributed by atoms with Gasteiger partial charge in [-0.25, -0.2) is 15.0 Å². The number of anilines is 1. The summed E-state index contributed by atoms with van der Waals surface area (Å²) < 4.78 is 0. The minimum absolute atomic E-state index is 0.784. The van der Waals surface area contributed by atoms with E-state index in [0.717, 1.165) is 41.8 Å². The summed E-state index contributed by atoms with van der Waals surface area (Å²) in [4.78, 5) is 17.9. The first kappa shape index (κ1) is 11.1. The highest BCUT2D eigenvalue weighted by Crippen LogP contribution is 2.34.